The van der Waals surface area contributed by atoms with Gasteiger partial charge in [-0.2, -0.15) is 0 Å². The van der Waals surface area contributed by atoms with Crippen LogP contribution < -0.4 is 5.32 Å². The van der Waals surface area contributed by atoms with Crippen molar-refractivity contribution >= 4 is 10.9 Å². The van der Waals surface area contributed by atoms with Gasteiger partial charge in [0, 0.05) is 31.3 Å². The van der Waals surface area contributed by atoms with Crippen molar-refractivity contribution in [3.63, 3.8) is 0 Å². The van der Waals surface area contributed by atoms with Crippen molar-refractivity contribution in [2.24, 2.45) is 0 Å². The highest BCUT2D eigenvalue weighted by Gasteiger charge is 2.00. The molecule has 0 unspecified atom stereocenters. The first kappa shape index (κ1) is 14.0. The fraction of sp³-hybridized carbons (Fsp3) is 0.438. The number of ether oxygens (including phenoxy) is 1. The maximum atomic E-state index is 5.46. The van der Waals surface area contributed by atoms with E-state index in [0.717, 1.165) is 44.7 Å². The number of hydrogen-bond donors (Lipinski definition) is 1. The monoisotopic (exact) mass is 258 g/mol. The van der Waals surface area contributed by atoms with Crippen LogP contribution in [0.3, 0.4) is 0 Å². The van der Waals surface area contributed by atoms with E-state index in [2.05, 4.69) is 41.5 Å². The van der Waals surface area contributed by atoms with Crippen LogP contribution in [0.4, 0.5) is 0 Å². The lowest BCUT2D eigenvalue weighted by atomic mass is 10.1. The maximum absolute atomic E-state index is 5.46. The van der Waals surface area contributed by atoms with E-state index >= 15 is 0 Å². The largest absolute Gasteiger partial charge is 0.381 e. The Bertz CT molecular complexity index is 494. The molecule has 1 heterocycles. The van der Waals surface area contributed by atoms with Crippen LogP contribution in [0.25, 0.3) is 10.9 Å². The number of rotatable bonds is 8. The molecule has 1 N–H and O–H groups in total. The summed E-state index contributed by atoms with van der Waals surface area (Å²) in [5.41, 5.74) is 2.37. The van der Waals surface area contributed by atoms with Gasteiger partial charge < -0.3 is 10.1 Å². The van der Waals surface area contributed by atoms with Gasteiger partial charge in [0.05, 0.1) is 5.52 Å². The van der Waals surface area contributed by atoms with E-state index in [0.29, 0.717) is 0 Å². The Morgan fingerprint density at radius 2 is 2.05 bits per heavy atom. The molecule has 2 rings (SSSR count). The number of nitrogens with one attached hydrogen (secondary N) is 1. The third-order valence-electron chi connectivity index (χ3n) is 3.05. The second-order valence-corrected chi connectivity index (χ2v) is 4.63. The lowest BCUT2D eigenvalue weighted by Gasteiger charge is -2.08. The predicted octanol–water partition coefficient (Wildman–Crippen LogP) is 3.14. The van der Waals surface area contributed by atoms with Gasteiger partial charge >= 0.3 is 0 Å². The quantitative estimate of drug-likeness (QED) is 0.739. The maximum Gasteiger partial charge on any atom is 0.0705 e. The molecule has 0 spiro atoms. The zero-order valence-corrected chi connectivity index (χ0v) is 11.6. The molecular weight excluding hydrogens is 236 g/mol. The molecule has 3 heteroatoms. The Balaban J connectivity index is 1.78. The molecule has 102 valence electrons. The number of pyridine rings is 1. The molecule has 0 saturated carbocycles. The summed E-state index contributed by atoms with van der Waals surface area (Å²) in [5.74, 6) is 0. The van der Waals surface area contributed by atoms with Gasteiger partial charge in [0.15, 0.2) is 0 Å². The van der Waals surface area contributed by atoms with Crippen molar-refractivity contribution in [3.8, 4) is 0 Å². The van der Waals surface area contributed by atoms with Crippen LogP contribution in [0, 0.1) is 0 Å². The Kier molecular flexibility index (Phi) is 5.79. The summed E-state index contributed by atoms with van der Waals surface area (Å²) in [6, 6.07) is 10.4. The molecule has 2 aromatic rings. The fourth-order valence-electron chi connectivity index (χ4n) is 2.08. The topological polar surface area (TPSA) is 34.1 Å². The molecule has 0 bridgehead atoms. The highest BCUT2D eigenvalue weighted by atomic mass is 16.5. The summed E-state index contributed by atoms with van der Waals surface area (Å²) in [5, 5.41) is 4.70. The van der Waals surface area contributed by atoms with E-state index in [1.807, 2.05) is 12.3 Å². The van der Waals surface area contributed by atoms with Crippen LogP contribution in [0.15, 0.2) is 36.5 Å². The molecule has 19 heavy (non-hydrogen) atoms. The lowest BCUT2D eigenvalue weighted by Crippen LogP contribution is -2.16. The van der Waals surface area contributed by atoms with E-state index < -0.39 is 0 Å². The molecule has 1 aromatic carbocycles. The second-order valence-electron chi connectivity index (χ2n) is 4.63. The summed E-state index contributed by atoms with van der Waals surface area (Å²) < 4.78 is 5.46. The zero-order valence-electron chi connectivity index (χ0n) is 11.6. The van der Waals surface area contributed by atoms with Crippen molar-refractivity contribution in [2.45, 2.75) is 26.3 Å². The predicted molar refractivity (Wildman–Crippen MR) is 79.2 cm³/mol. The minimum Gasteiger partial charge on any atom is -0.381 e. The number of fused-ring (bicyclic) bond motifs is 1. The summed E-state index contributed by atoms with van der Waals surface area (Å²) >= 11 is 0. The molecule has 3 nitrogen and oxygen atoms in total. The Morgan fingerprint density at radius 1 is 1.16 bits per heavy atom. The molecule has 0 aliphatic carbocycles. The highest BCUT2D eigenvalue weighted by Crippen LogP contribution is 2.15. The van der Waals surface area contributed by atoms with Crippen LogP contribution in [-0.4, -0.2) is 24.7 Å². The lowest BCUT2D eigenvalue weighted by molar-refractivity contribution is 0.132. The van der Waals surface area contributed by atoms with Crippen molar-refractivity contribution in [3.05, 3.63) is 42.1 Å². The van der Waals surface area contributed by atoms with Crippen molar-refractivity contribution in [1.29, 1.82) is 0 Å². The number of nitrogens with zero attached hydrogens (tertiary/aromatic N) is 1. The summed E-state index contributed by atoms with van der Waals surface area (Å²) in [7, 11) is 0. The third kappa shape index (κ3) is 4.30. The van der Waals surface area contributed by atoms with E-state index in [4.69, 9.17) is 4.74 Å². The van der Waals surface area contributed by atoms with Gasteiger partial charge in [-0.1, -0.05) is 25.1 Å². The van der Waals surface area contributed by atoms with Crippen LogP contribution in [0.5, 0.6) is 0 Å². The van der Waals surface area contributed by atoms with Crippen LogP contribution in [0.1, 0.15) is 25.3 Å². The Labute approximate surface area is 115 Å². The van der Waals surface area contributed by atoms with Gasteiger partial charge in [-0.3, -0.25) is 4.98 Å². The van der Waals surface area contributed by atoms with Crippen molar-refractivity contribution < 1.29 is 4.74 Å². The van der Waals surface area contributed by atoms with Crippen molar-refractivity contribution in [1.82, 2.24) is 10.3 Å². The summed E-state index contributed by atoms with van der Waals surface area (Å²) in [6.07, 6.45) is 4.03. The minimum absolute atomic E-state index is 0.845. The molecule has 0 aliphatic heterocycles. The standard InChI is InChI=1S/C16H22N2O/c1-2-11-19-12-5-9-17-13-14-8-10-18-16-7-4-3-6-15(14)16/h3-4,6-8,10,17H,2,5,9,11-13H2,1H3. The third-order valence-corrected chi connectivity index (χ3v) is 3.05. The molecule has 0 aliphatic rings. The average molecular weight is 258 g/mol. The normalized spacial score (nSPS) is 11.0. The van der Waals surface area contributed by atoms with Crippen LogP contribution >= 0.6 is 0 Å². The first-order valence-corrected chi connectivity index (χ1v) is 7.03. The van der Waals surface area contributed by atoms with Gasteiger partial charge in [0.1, 0.15) is 0 Å². The van der Waals surface area contributed by atoms with Gasteiger partial charge in [0.2, 0.25) is 0 Å². The number of para-hydroxylation sites is 1. The van der Waals surface area contributed by atoms with E-state index in [1.54, 1.807) is 0 Å². The van der Waals surface area contributed by atoms with Crippen molar-refractivity contribution in [2.75, 3.05) is 19.8 Å². The van der Waals surface area contributed by atoms with Gasteiger partial charge in [-0.05, 0) is 37.1 Å². The number of hydrogen-bond acceptors (Lipinski definition) is 3. The first-order chi connectivity index (χ1) is 9.42. The molecule has 0 atom stereocenters. The Hall–Kier alpha value is -1.45. The fourth-order valence-corrected chi connectivity index (χ4v) is 2.08. The zero-order chi connectivity index (χ0) is 13.3. The smallest absolute Gasteiger partial charge is 0.0705 e. The van der Waals surface area contributed by atoms with Gasteiger partial charge in [-0.15, -0.1) is 0 Å². The highest BCUT2D eigenvalue weighted by molar-refractivity contribution is 5.81. The molecule has 1 aromatic heterocycles. The minimum atomic E-state index is 0.845. The summed E-state index contributed by atoms with van der Waals surface area (Å²) in [4.78, 5) is 4.37. The van der Waals surface area contributed by atoms with E-state index in [9.17, 15) is 0 Å². The average Bonchev–Trinajstić information content (AvgIpc) is 2.46. The van der Waals surface area contributed by atoms with Gasteiger partial charge in [0.25, 0.3) is 0 Å². The number of aromatic nitrogens is 1. The molecular formula is C16H22N2O. The Morgan fingerprint density at radius 3 is 2.95 bits per heavy atom. The first-order valence-electron chi connectivity index (χ1n) is 7.03. The number of benzene rings is 1. The SMILES string of the molecule is CCCOCCCNCc1ccnc2ccccc12. The van der Waals surface area contributed by atoms with Crippen LogP contribution in [0.2, 0.25) is 0 Å². The molecule has 0 radical (unpaired) electrons. The van der Waals surface area contributed by atoms with E-state index in [1.165, 1.54) is 10.9 Å². The van der Waals surface area contributed by atoms with Gasteiger partial charge in [-0.25, -0.2) is 0 Å². The molecule has 0 fully saturated rings. The van der Waals surface area contributed by atoms with E-state index in [-0.39, 0.29) is 0 Å². The van der Waals surface area contributed by atoms with Crippen LogP contribution in [-0.2, 0) is 11.3 Å². The second kappa shape index (κ2) is 7.87. The summed E-state index contributed by atoms with van der Waals surface area (Å²) in [6.45, 7) is 5.72. The molecule has 0 amide bonds. The molecule has 0 saturated heterocycles.